The molecule has 1 atom stereocenters. The van der Waals surface area contributed by atoms with E-state index in [1.165, 1.54) is 5.56 Å². The molecule has 0 aliphatic rings. The molecule has 0 saturated carbocycles. The number of phenols is 1. The summed E-state index contributed by atoms with van der Waals surface area (Å²) in [5, 5.41) is 13.4. The number of phenolic OH excluding ortho intramolecular Hbond substituents is 1. The van der Waals surface area contributed by atoms with Crippen LogP contribution in [0.2, 0.25) is 0 Å². The first kappa shape index (κ1) is 14.7. The van der Waals surface area contributed by atoms with Gasteiger partial charge in [0.25, 0.3) is 0 Å². The summed E-state index contributed by atoms with van der Waals surface area (Å²) in [6.07, 6.45) is 0. The van der Waals surface area contributed by atoms with Crippen LogP contribution in [0.1, 0.15) is 24.1 Å². The van der Waals surface area contributed by atoms with E-state index in [0.717, 1.165) is 15.7 Å². The molecule has 2 aromatic rings. The van der Waals surface area contributed by atoms with Crippen LogP contribution < -0.4 is 10.1 Å². The van der Waals surface area contributed by atoms with Crippen molar-refractivity contribution in [1.29, 1.82) is 0 Å². The third-order valence-electron chi connectivity index (χ3n) is 3.13. The summed E-state index contributed by atoms with van der Waals surface area (Å²) in [5.74, 6) is 0.882. The first-order valence-corrected chi connectivity index (χ1v) is 7.19. The molecule has 0 bridgehead atoms. The number of anilines is 1. The number of hydrogen-bond donors (Lipinski definition) is 2. The minimum Gasteiger partial charge on any atom is -0.507 e. The SMILES string of the molecule is COc1ccc(C(C)Nc2cc(C)cc(Br)c2)c(O)c1. The topological polar surface area (TPSA) is 41.5 Å². The fourth-order valence-corrected chi connectivity index (χ4v) is 2.77. The third kappa shape index (κ3) is 3.45. The molecule has 4 heteroatoms. The summed E-state index contributed by atoms with van der Waals surface area (Å²) in [6.45, 7) is 4.06. The minimum absolute atomic E-state index is 0.00499. The molecule has 0 saturated heterocycles. The Balaban J connectivity index is 2.21. The zero-order chi connectivity index (χ0) is 14.7. The first-order chi connectivity index (χ1) is 9.49. The molecule has 0 aliphatic heterocycles. The highest BCUT2D eigenvalue weighted by Gasteiger charge is 2.11. The summed E-state index contributed by atoms with van der Waals surface area (Å²) in [7, 11) is 1.58. The molecule has 3 nitrogen and oxygen atoms in total. The van der Waals surface area contributed by atoms with Crippen LogP contribution in [-0.2, 0) is 0 Å². The zero-order valence-electron chi connectivity index (χ0n) is 11.8. The van der Waals surface area contributed by atoms with Gasteiger partial charge < -0.3 is 15.2 Å². The van der Waals surface area contributed by atoms with E-state index >= 15 is 0 Å². The van der Waals surface area contributed by atoms with Gasteiger partial charge in [-0.05, 0) is 49.7 Å². The zero-order valence-corrected chi connectivity index (χ0v) is 13.4. The quantitative estimate of drug-likeness (QED) is 0.854. The number of hydrogen-bond acceptors (Lipinski definition) is 3. The first-order valence-electron chi connectivity index (χ1n) is 6.40. The van der Waals surface area contributed by atoms with E-state index in [1.807, 2.05) is 32.0 Å². The van der Waals surface area contributed by atoms with E-state index in [4.69, 9.17) is 4.74 Å². The summed E-state index contributed by atoms with van der Waals surface area (Å²) in [4.78, 5) is 0. The molecule has 2 N–H and O–H groups in total. The van der Waals surface area contributed by atoms with Crippen LogP contribution in [0.3, 0.4) is 0 Å². The van der Waals surface area contributed by atoms with Crippen molar-refractivity contribution in [2.45, 2.75) is 19.9 Å². The van der Waals surface area contributed by atoms with Gasteiger partial charge in [-0.25, -0.2) is 0 Å². The Hall–Kier alpha value is -1.68. The number of aryl methyl sites for hydroxylation is 1. The summed E-state index contributed by atoms with van der Waals surface area (Å²) in [5.41, 5.74) is 3.02. The van der Waals surface area contributed by atoms with Gasteiger partial charge in [0.2, 0.25) is 0 Å². The van der Waals surface area contributed by atoms with Crippen molar-refractivity contribution in [3.63, 3.8) is 0 Å². The van der Waals surface area contributed by atoms with E-state index in [0.29, 0.717) is 5.75 Å². The molecule has 0 radical (unpaired) electrons. The van der Waals surface area contributed by atoms with Gasteiger partial charge >= 0.3 is 0 Å². The Morgan fingerprint density at radius 2 is 1.95 bits per heavy atom. The molecule has 0 aromatic heterocycles. The largest absolute Gasteiger partial charge is 0.507 e. The van der Waals surface area contributed by atoms with E-state index in [-0.39, 0.29) is 11.8 Å². The molecule has 0 fully saturated rings. The second kappa shape index (κ2) is 6.18. The van der Waals surface area contributed by atoms with Gasteiger partial charge in [0, 0.05) is 21.8 Å². The number of aromatic hydroxyl groups is 1. The highest BCUT2D eigenvalue weighted by Crippen LogP contribution is 2.31. The maximum absolute atomic E-state index is 10.1. The smallest absolute Gasteiger partial charge is 0.124 e. The predicted molar refractivity (Wildman–Crippen MR) is 85.6 cm³/mol. The van der Waals surface area contributed by atoms with Crippen molar-refractivity contribution in [1.82, 2.24) is 0 Å². The van der Waals surface area contributed by atoms with Gasteiger partial charge in [0.05, 0.1) is 13.2 Å². The maximum Gasteiger partial charge on any atom is 0.124 e. The van der Waals surface area contributed by atoms with Gasteiger partial charge in [0.1, 0.15) is 11.5 Å². The lowest BCUT2D eigenvalue weighted by Gasteiger charge is -2.18. The second-order valence-corrected chi connectivity index (χ2v) is 5.72. The van der Waals surface area contributed by atoms with E-state index < -0.39 is 0 Å². The van der Waals surface area contributed by atoms with E-state index in [2.05, 4.69) is 33.4 Å². The molecular formula is C16H18BrNO2. The van der Waals surface area contributed by atoms with Crippen LogP contribution in [0.15, 0.2) is 40.9 Å². The average Bonchev–Trinajstić information content (AvgIpc) is 2.36. The van der Waals surface area contributed by atoms with Crippen molar-refractivity contribution < 1.29 is 9.84 Å². The van der Waals surface area contributed by atoms with Crippen molar-refractivity contribution in [3.8, 4) is 11.5 Å². The highest BCUT2D eigenvalue weighted by atomic mass is 79.9. The summed E-state index contributed by atoms with van der Waals surface area (Å²) in [6, 6.07) is 11.5. The van der Waals surface area contributed by atoms with Gasteiger partial charge in [-0.15, -0.1) is 0 Å². The molecule has 106 valence electrons. The number of methoxy groups -OCH3 is 1. The molecule has 0 spiro atoms. The molecule has 0 amide bonds. The lowest BCUT2D eigenvalue weighted by molar-refractivity contribution is 0.406. The Kier molecular flexibility index (Phi) is 4.55. The molecule has 2 aromatic carbocycles. The Morgan fingerprint density at radius 1 is 1.20 bits per heavy atom. The molecule has 0 aliphatic carbocycles. The van der Waals surface area contributed by atoms with Crippen LogP contribution in [0.4, 0.5) is 5.69 Å². The predicted octanol–water partition coefficient (Wildman–Crippen LogP) is 4.64. The van der Waals surface area contributed by atoms with Crippen LogP contribution >= 0.6 is 15.9 Å². The summed E-state index contributed by atoms with van der Waals surface area (Å²) < 4.78 is 6.13. The minimum atomic E-state index is -0.00499. The normalized spacial score (nSPS) is 12.0. The number of halogens is 1. The van der Waals surface area contributed by atoms with Crippen LogP contribution in [-0.4, -0.2) is 12.2 Å². The third-order valence-corrected chi connectivity index (χ3v) is 3.59. The Morgan fingerprint density at radius 3 is 2.55 bits per heavy atom. The van der Waals surface area contributed by atoms with E-state index in [9.17, 15) is 5.11 Å². The monoisotopic (exact) mass is 335 g/mol. The van der Waals surface area contributed by atoms with Gasteiger partial charge in [-0.2, -0.15) is 0 Å². The lowest BCUT2D eigenvalue weighted by Crippen LogP contribution is -2.07. The number of nitrogens with one attached hydrogen (secondary N) is 1. The molecule has 2 rings (SSSR count). The highest BCUT2D eigenvalue weighted by molar-refractivity contribution is 9.10. The molecule has 20 heavy (non-hydrogen) atoms. The van der Waals surface area contributed by atoms with Gasteiger partial charge in [-0.3, -0.25) is 0 Å². The molecular weight excluding hydrogens is 318 g/mol. The Bertz CT molecular complexity index is 593. The number of ether oxygens (including phenoxy) is 1. The summed E-state index contributed by atoms with van der Waals surface area (Å²) >= 11 is 3.49. The van der Waals surface area contributed by atoms with Crippen molar-refractivity contribution >= 4 is 21.6 Å². The number of benzene rings is 2. The fourth-order valence-electron chi connectivity index (χ4n) is 2.16. The van der Waals surface area contributed by atoms with E-state index in [1.54, 1.807) is 13.2 Å². The number of rotatable bonds is 4. The van der Waals surface area contributed by atoms with Crippen molar-refractivity contribution in [3.05, 3.63) is 52.0 Å². The van der Waals surface area contributed by atoms with Crippen LogP contribution in [0.5, 0.6) is 11.5 Å². The molecule has 0 heterocycles. The van der Waals surface area contributed by atoms with Crippen LogP contribution in [0.25, 0.3) is 0 Å². The van der Waals surface area contributed by atoms with Crippen molar-refractivity contribution in [2.75, 3.05) is 12.4 Å². The fraction of sp³-hybridized carbons (Fsp3) is 0.250. The Labute approximate surface area is 127 Å². The standard InChI is InChI=1S/C16H18BrNO2/c1-10-6-12(17)8-13(7-10)18-11(2)15-5-4-14(20-3)9-16(15)19/h4-9,11,18-19H,1-3H3. The lowest BCUT2D eigenvalue weighted by atomic mass is 10.1. The van der Waals surface area contributed by atoms with Crippen molar-refractivity contribution in [2.24, 2.45) is 0 Å². The van der Waals surface area contributed by atoms with Gasteiger partial charge in [0.15, 0.2) is 0 Å². The van der Waals surface area contributed by atoms with Crippen LogP contribution in [0, 0.1) is 6.92 Å². The average molecular weight is 336 g/mol. The molecule has 1 unspecified atom stereocenters. The van der Waals surface area contributed by atoms with Gasteiger partial charge in [-0.1, -0.05) is 15.9 Å². The second-order valence-electron chi connectivity index (χ2n) is 4.81. The maximum atomic E-state index is 10.1.